The molecule has 0 radical (unpaired) electrons. The summed E-state index contributed by atoms with van der Waals surface area (Å²) >= 11 is 3.27. The summed E-state index contributed by atoms with van der Waals surface area (Å²) < 4.78 is 24.7. The van der Waals surface area contributed by atoms with Gasteiger partial charge in [0.2, 0.25) is 0 Å². The van der Waals surface area contributed by atoms with Gasteiger partial charge in [-0.2, -0.15) is 0 Å². The maximum absolute atomic E-state index is 13.5. The Labute approximate surface area is 90.1 Å². The Morgan fingerprint density at radius 1 is 1.36 bits per heavy atom. The molecule has 1 heterocycles. The van der Waals surface area contributed by atoms with Gasteiger partial charge in [-0.25, -0.2) is 4.39 Å². The molecule has 0 saturated carbocycles. The number of halogens is 2. The molecule has 1 fully saturated rings. The van der Waals surface area contributed by atoms with Crippen molar-refractivity contribution in [2.45, 2.75) is 13.2 Å². The molecule has 0 unspecified atom stereocenters. The van der Waals surface area contributed by atoms with Crippen LogP contribution in [0.2, 0.25) is 0 Å². The Hall–Kier alpha value is -0.450. The fraction of sp³-hybridized carbons (Fsp3) is 0.400. The van der Waals surface area contributed by atoms with Crippen molar-refractivity contribution in [2.75, 3.05) is 13.2 Å². The van der Waals surface area contributed by atoms with Crippen molar-refractivity contribution in [3.63, 3.8) is 0 Å². The topological polar surface area (TPSA) is 18.5 Å². The van der Waals surface area contributed by atoms with E-state index in [1.54, 1.807) is 6.07 Å². The number of hydrogen-bond donors (Lipinski definition) is 0. The highest BCUT2D eigenvalue weighted by molar-refractivity contribution is 9.10. The predicted octanol–water partition coefficient (Wildman–Crippen LogP) is 2.94. The molecular formula is C10H10BrFO2. The standard InChI is InChI=1S/C10H10BrFO2/c1-6-4-7(9(12)5-8(6)11)10-13-2-3-14-10/h4-5,10H,2-3H2,1H3. The molecule has 0 N–H and O–H groups in total. The van der Waals surface area contributed by atoms with Crippen LogP contribution in [0.1, 0.15) is 17.4 Å². The summed E-state index contributed by atoms with van der Waals surface area (Å²) in [6, 6.07) is 3.19. The highest BCUT2D eigenvalue weighted by atomic mass is 79.9. The maximum atomic E-state index is 13.5. The van der Waals surface area contributed by atoms with E-state index >= 15 is 0 Å². The molecule has 1 aromatic rings. The van der Waals surface area contributed by atoms with Crippen LogP contribution in [-0.4, -0.2) is 13.2 Å². The van der Waals surface area contributed by atoms with Crippen LogP contribution < -0.4 is 0 Å². The zero-order valence-corrected chi connectivity index (χ0v) is 9.30. The summed E-state index contributed by atoms with van der Waals surface area (Å²) in [5, 5.41) is 0. The number of rotatable bonds is 1. The summed E-state index contributed by atoms with van der Waals surface area (Å²) in [4.78, 5) is 0. The molecule has 76 valence electrons. The molecule has 2 rings (SSSR count). The Morgan fingerprint density at radius 2 is 2.00 bits per heavy atom. The van der Waals surface area contributed by atoms with Crippen LogP contribution >= 0.6 is 15.9 Å². The fourth-order valence-corrected chi connectivity index (χ4v) is 1.71. The van der Waals surface area contributed by atoms with E-state index in [-0.39, 0.29) is 5.82 Å². The minimum atomic E-state index is -0.540. The lowest BCUT2D eigenvalue weighted by molar-refractivity contribution is -0.0465. The SMILES string of the molecule is Cc1cc(C2OCCO2)c(F)cc1Br. The normalized spacial score (nSPS) is 17.6. The van der Waals surface area contributed by atoms with Crippen molar-refractivity contribution >= 4 is 15.9 Å². The molecule has 2 nitrogen and oxygen atoms in total. The van der Waals surface area contributed by atoms with Gasteiger partial charge in [0.25, 0.3) is 0 Å². The van der Waals surface area contributed by atoms with E-state index in [0.29, 0.717) is 18.8 Å². The maximum Gasteiger partial charge on any atom is 0.186 e. The monoisotopic (exact) mass is 260 g/mol. The van der Waals surface area contributed by atoms with Gasteiger partial charge in [-0.1, -0.05) is 15.9 Å². The van der Waals surface area contributed by atoms with E-state index < -0.39 is 6.29 Å². The lowest BCUT2D eigenvalue weighted by Gasteiger charge is -2.11. The lowest BCUT2D eigenvalue weighted by atomic mass is 10.1. The average Bonchev–Trinajstić information content (AvgIpc) is 2.64. The largest absolute Gasteiger partial charge is 0.346 e. The minimum Gasteiger partial charge on any atom is -0.346 e. The molecule has 1 aliphatic heterocycles. The van der Waals surface area contributed by atoms with Crippen LogP contribution in [0, 0.1) is 12.7 Å². The van der Waals surface area contributed by atoms with Gasteiger partial charge < -0.3 is 9.47 Å². The van der Waals surface area contributed by atoms with E-state index in [4.69, 9.17) is 9.47 Å². The molecule has 4 heteroatoms. The van der Waals surface area contributed by atoms with E-state index in [1.165, 1.54) is 6.07 Å². The molecule has 1 aromatic carbocycles. The second-order valence-electron chi connectivity index (χ2n) is 3.20. The quantitative estimate of drug-likeness (QED) is 0.773. The van der Waals surface area contributed by atoms with Gasteiger partial charge in [-0.15, -0.1) is 0 Å². The summed E-state index contributed by atoms with van der Waals surface area (Å²) in [6.07, 6.45) is -0.540. The van der Waals surface area contributed by atoms with Crippen molar-refractivity contribution in [1.82, 2.24) is 0 Å². The van der Waals surface area contributed by atoms with Crippen molar-refractivity contribution in [1.29, 1.82) is 0 Å². The number of hydrogen-bond acceptors (Lipinski definition) is 2. The second-order valence-corrected chi connectivity index (χ2v) is 4.05. The van der Waals surface area contributed by atoms with E-state index in [0.717, 1.165) is 10.0 Å². The first-order chi connectivity index (χ1) is 6.68. The van der Waals surface area contributed by atoms with Gasteiger partial charge in [0, 0.05) is 10.0 Å². The molecule has 1 saturated heterocycles. The van der Waals surface area contributed by atoms with Gasteiger partial charge in [0.05, 0.1) is 13.2 Å². The molecule has 0 bridgehead atoms. The van der Waals surface area contributed by atoms with Crippen LogP contribution in [0.4, 0.5) is 4.39 Å². The molecule has 0 atom stereocenters. The highest BCUT2D eigenvalue weighted by Gasteiger charge is 2.22. The third-order valence-corrected chi connectivity index (χ3v) is 3.01. The molecule has 1 aliphatic rings. The van der Waals surface area contributed by atoms with Crippen molar-refractivity contribution in [3.05, 3.63) is 33.5 Å². The minimum absolute atomic E-state index is 0.297. The number of ether oxygens (including phenoxy) is 2. The van der Waals surface area contributed by atoms with Crippen LogP contribution in [0.3, 0.4) is 0 Å². The van der Waals surface area contributed by atoms with Crippen LogP contribution in [-0.2, 0) is 9.47 Å². The lowest BCUT2D eigenvalue weighted by Crippen LogP contribution is -2.02. The smallest absolute Gasteiger partial charge is 0.186 e. The van der Waals surface area contributed by atoms with Gasteiger partial charge in [0.15, 0.2) is 6.29 Å². The Kier molecular flexibility index (Phi) is 2.85. The molecule has 0 spiro atoms. The summed E-state index contributed by atoms with van der Waals surface area (Å²) in [5.74, 6) is -0.297. The zero-order valence-electron chi connectivity index (χ0n) is 7.72. The Morgan fingerprint density at radius 3 is 2.64 bits per heavy atom. The highest BCUT2D eigenvalue weighted by Crippen LogP contribution is 2.29. The van der Waals surface area contributed by atoms with Crippen molar-refractivity contribution in [2.24, 2.45) is 0 Å². The molecule has 14 heavy (non-hydrogen) atoms. The van der Waals surface area contributed by atoms with Crippen LogP contribution in [0.5, 0.6) is 0 Å². The number of benzene rings is 1. The van der Waals surface area contributed by atoms with Gasteiger partial charge in [-0.05, 0) is 24.6 Å². The first-order valence-electron chi connectivity index (χ1n) is 4.37. The molecule has 0 aliphatic carbocycles. The van der Waals surface area contributed by atoms with Crippen molar-refractivity contribution in [3.8, 4) is 0 Å². The van der Waals surface area contributed by atoms with Crippen molar-refractivity contribution < 1.29 is 13.9 Å². The summed E-state index contributed by atoms with van der Waals surface area (Å²) in [7, 11) is 0. The third-order valence-electron chi connectivity index (χ3n) is 2.15. The first kappa shape index (κ1) is 10.1. The van der Waals surface area contributed by atoms with Gasteiger partial charge >= 0.3 is 0 Å². The third kappa shape index (κ3) is 1.82. The Bertz CT molecular complexity index is 348. The van der Waals surface area contributed by atoms with Gasteiger partial charge in [0.1, 0.15) is 5.82 Å². The molecule has 0 amide bonds. The summed E-state index contributed by atoms with van der Waals surface area (Å²) in [5.41, 5.74) is 1.45. The second kappa shape index (κ2) is 3.96. The first-order valence-corrected chi connectivity index (χ1v) is 5.16. The molecule has 0 aromatic heterocycles. The van der Waals surface area contributed by atoms with E-state index in [1.807, 2.05) is 6.92 Å². The predicted molar refractivity (Wildman–Crippen MR) is 53.5 cm³/mol. The number of aryl methyl sites for hydroxylation is 1. The van der Waals surface area contributed by atoms with E-state index in [9.17, 15) is 4.39 Å². The van der Waals surface area contributed by atoms with Crippen LogP contribution in [0.15, 0.2) is 16.6 Å². The van der Waals surface area contributed by atoms with Gasteiger partial charge in [-0.3, -0.25) is 0 Å². The van der Waals surface area contributed by atoms with Crippen LogP contribution in [0.25, 0.3) is 0 Å². The molecular weight excluding hydrogens is 251 g/mol. The fourth-order valence-electron chi connectivity index (χ4n) is 1.40. The zero-order chi connectivity index (χ0) is 10.1. The summed E-state index contributed by atoms with van der Waals surface area (Å²) in [6.45, 7) is 2.96. The van der Waals surface area contributed by atoms with E-state index in [2.05, 4.69) is 15.9 Å². The average molecular weight is 261 g/mol. The Balaban J connectivity index is 2.37.